The molecule has 0 saturated heterocycles. The number of hydrogen-bond donors (Lipinski definition) is 2. The first-order chi connectivity index (χ1) is 14.7. The molecule has 0 aliphatic carbocycles. The second-order valence-corrected chi connectivity index (χ2v) is 6.60. The second-order valence-electron chi connectivity index (χ2n) is 6.60. The smallest absolute Gasteiger partial charge is 0.248 e. The zero-order valence-corrected chi connectivity index (χ0v) is 16.4. The lowest BCUT2D eigenvalue weighted by Crippen LogP contribution is -2.08. The zero-order valence-electron chi connectivity index (χ0n) is 16.4. The molecule has 1 amide bonds. The van der Waals surface area contributed by atoms with Gasteiger partial charge in [-0.15, -0.1) is 0 Å². The molecule has 0 aliphatic heterocycles. The van der Waals surface area contributed by atoms with E-state index < -0.39 is 0 Å². The summed E-state index contributed by atoms with van der Waals surface area (Å²) in [6.07, 6.45) is 4.61. The van der Waals surface area contributed by atoms with E-state index in [-0.39, 0.29) is 5.91 Å². The van der Waals surface area contributed by atoms with Gasteiger partial charge in [0.2, 0.25) is 5.91 Å². The number of furan rings is 1. The average molecular weight is 396 g/mol. The minimum absolute atomic E-state index is 0.243. The lowest BCUT2D eigenvalue weighted by atomic mass is 10.1. The van der Waals surface area contributed by atoms with Crippen LogP contribution in [0.2, 0.25) is 0 Å². The van der Waals surface area contributed by atoms with Gasteiger partial charge in [-0.05, 0) is 43.3 Å². The summed E-state index contributed by atoms with van der Waals surface area (Å²) < 4.78 is 5.18. The summed E-state index contributed by atoms with van der Waals surface area (Å²) >= 11 is 0. The molecule has 0 fully saturated rings. The summed E-state index contributed by atoms with van der Waals surface area (Å²) in [6.45, 7) is 1.86. The molecule has 6 heteroatoms. The summed E-state index contributed by atoms with van der Waals surface area (Å²) in [7, 11) is 0. The SMILES string of the molecule is Cc1nc(Nc2cccc(NC(=O)/C=C/c3ccco3)c2)cc(-c2ccccc2)n1. The Hall–Kier alpha value is -4.19. The van der Waals surface area contributed by atoms with Crippen molar-refractivity contribution in [3.63, 3.8) is 0 Å². The lowest BCUT2D eigenvalue weighted by Gasteiger charge is -2.10. The fourth-order valence-electron chi connectivity index (χ4n) is 2.94. The number of benzene rings is 2. The Bertz CT molecular complexity index is 1170. The van der Waals surface area contributed by atoms with E-state index in [0.29, 0.717) is 23.1 Å². The van der Waals surface area contributed by atoms with Crippen LogP contribution in [0.4, 0.5) is 17.2 Å². The van der Waals surface area contributed by atoms with Crippen molar-refractivity contribution >= 4 is 29.2 Å². The van der Waals surface area contributed by atoms with Crippen LogP contribution in [0.5, 0.6) is 0 Å². The van der Waals surface area contributed by atoms with Crippen molar-refractivity contribution in [2.45, 2.75) is 6.92 Å². The van der Waals surface area contributed by atoms with Crippen molar-refractivity contribution in [3.8, 4) is 11.3 Å². The van der Waals surface area contributed by atoms with Gasteiger partial charge in [-0.2, -0.15) is 0 Å². The number of hydrogen-bond acceptors (Lipinski definition) is 5. The minimum atomic E-state index is -0.243. The van der Waals surface area contributed by atoms with Crippen molar-refractivity contribution in [2.75, 3.05) is 10.6 Å². The maximum Gasteiger partial charge on any atom is 0.248 e. The molecular formula is C24H20N4O2. The third-order valence-electron chi connectivity index (χ3n) is 4.25. The number of carbonyl (C=O) groups is 1. The van der Waals surface area contributed by atoms with E-state index in [9.17, 15) is 4.79 Å². The maximum absolute atomic E-state index is 12.1. The summed E-state index contributed by atoms with van der Waals surface area (Å²) in [5, 5.41) is 6.13. The number of rotatable bonds is 6. The van der Waals surface area contributed by atoms with Crippen LogP contribution in [-0.4, -0.2) is 15.9 Å². The highest BCUT2D eigenvalue weighted by molar-refractivity contribution is 6.02. The van der Waals surface area contributed by atoms with Crippen LogP contribution < -0.4 is 10.6 Å². The Kier molecular flexibility index (Phi) is 5.66. The topological polar surface area (TPSA) is 80.0 Å². The van der Waals surface area contributed by atoms with Gasteiger partial charge in [-0.3, -0.25) is 4.79 Å². The number of anilines is 3. The molecule has 148 valence electrons. The van der Waals surface area contributed by atoms with Crippen molar-refractivity contribution in [1.82, 2.24) is 9.97 Å². The van der Waals surface area contributed by atoms with Crippen LogP contribution in [0.3, 0.4) is 0 Å². The molecule has 0 atom stereocenters. The highest BCUT2D eigenvalue weighted by Gasteiger charge is 2.06. The third kappa shape index (κ3) is 4.99. The summed E-state index contributed by atoms with van der Waals surface area (Å²) in [4.78, 5) is 21.1. The normalized spacial score (nSPS) is 10.8. The average Bonchev–Trinajstić information content (AvgIpc) is 3.26. The molecule has 0 bridgehead atoms. The Morgan fingerprint density at radius 2 is 1.77 bits per heavy atom. The standard InChI is InChI=1S/C24H20N4O2/c1-17-25-22(18-7-3-2-4-8-18)16-23(26-17)27-19-9-5-10-20(15-19)28-24(29)13-12-21-11-6-14-30-21/h2-16H,1H3,(H,28,29)(H,25,26,27)/b13-12+. The molecule has 2 N–H and O–H groups in total. The fourth-order valence-corrected chi connectivity index (χ4v) is 2.94. The van der Waals surface area contributed by atoms with Gasteiger partial charge in [0, 0.05) is 29.1 Å². The quantitative estimate of drug-likeness (QED) is 0.424. The molecule has 0 radical (unpaired) electrons. The summed E-state index contributed by atoms with van der Waals surface area (Å²) in [6, 6.07) is 22.8. The van der Waals surface area contributed by atoms with Gasteiger partial charge in [-0.25, -0.2) is 9.97 Å². The number of nitrogens with one attached hydrogen (secondary N) is 2. The Morgan fingerprint density at radius 3 is 2.57 bits per heavy atom. The molecule has 0 unspecified atom stereocenters. The van der Waals surface area contributed by atoms with Gasteiger partial charge in [0.05, 0.1) is 12.0 Å². The number of amides is 1. The minimum Gasteiger partial charge on any atom is -0.465 e. The van der Waals surface area contributed by atoms with E-state index in [4.69, 9.17) is 4.42 Å². The lowest BCUT2D eigenvalue weighted by molar-refractivity contribution is -0.111. The maximum atomic E-state index is 12.1. The van der Waals surface area contributed by atoms with E-state index in [1.54, 1.807) is 24.5 Å². The molecule has 0 spiro atoms. The molecule has 4 aromatic rings. The number of nitrogens with zero attached hydrogens (tertiary/aromatic N) is 2. The molecule has 0 aliphatic rings. The van der Waals surface area contributed by atoms with Gasteiger partial charge in [0.25, 0.3) is 0 Å². The Labute approximate surface area is 174 Å². The zero-order chi connectivity index (χ0) is 20.8. The van der Waals surface area contributed by atoms with E-state index in [0.717, 1.165) is 16.9 Å². The fraction of sp³-hybridized carbons (Fsp3) is 0.0417. The molecule has 4 rings (SSSR count). The van der Waals surface area contributed by atoms with E-state index in [1.165, 1.54) is 6.08 Å². The predicted octanol–water partition coefficient (Wildman–Crippen LogP) is 5.44. The van der Waals surface area contributed by atoms with Gasteiger partial charge in [-0.1, -0.05) is 36.4 Å². The van der Waals surface area contributed by atoms with Crippen molar-refractivity contribution in [1.29, 1.82) is 0 Å². The van der Waals surface area contributed by atoms with E-state index in [1.807, 2.05) is 67.6 Å². The third-order valence-corrected chi connectivity index (χ3v) is 4.25. The van der Waals surface area contributed by atoms with Crippen LogP contribution in [0.25, 0.3) is 17.3 Å². The highest BCUT2D eigenvalue weighted by Crippen LogP contribution is 2.23. The molecular weight excluding hydrogens is 376 g/mol. The molecule has 6 nitrogen and oxygen atoms in total. The monoisotopic (exact) mass is 396 g/mol. The van der Waals surface area contributed by atoms with Crippen LogP contribution >= 0.6 is 0 Å². The van der Waals surface area contributed by atoms with Gasteiger partial charge in [0.15, 0.2) is 0 Å². The highest BCUT2D eigenvalue weighted by atomic mass is 16.3. The van der Waals surface area contributed by atoms with Crippen molar-refractivity contribution in [2.24, 2.45) is 0 Å². The molecule has 2 heterocycles. The van der Waals surface area contributed by atoms with Gasteiger partial charge >= 0.3 is 0 Å². The van der Waals surface area contributed by atoms with Gasteiger partial charge in [0.1, 0.15) is 17.4 Å². The molecule has 0 saturated carbocycles. The van der Waals surface area contributed by atoms with E-state index in [2.05, 4.69) is 20.6 Å². The second kappa shape index (κ2) is 8.87. The summed E-state index contributed by atoms with van der Waals surface area (Å²) in [5.41, 5.74) is 3.34. The van der Waals surface area contributed by atoms with Crippen molar-refractivity contribution in [3.05, 3.63) is 96.7 Å². The Balaban J connectivity index is 1.48. The number of aromatic nitrogens is 2. The van der Waals surface area contributed by atoms with Crippen LogP contribution in [-0.2, 0) is 4.79 Å². The molecule has 2 aromatic carbocycles. The van der Waals surface area contributed by atoms with E-state index >= 15 is 0 Å². The first-order valence-corrected chi connectivity index (χ1v) is 9.46. The first-order valence-electron chi connectivity index (χ1n) is 9.46. The first kappa shape index (κ1) is 19.1. The Morgan fingerprint density at radius 1 is 0.933 bits per heavy atom. The summed E-state index contributed by atoms with van der Waals surface area (Å²) in [5.74, 6) is 1.73. The van der Waals surface area contributed by atoms with Gasteiger partial charge < -0.3 is 15.1 Å². The number of carbonyl (C=O) groups excluding carboxylic acids is 1. The van der Waals surface area contributed by atoms with Crippen LogP contribution in [0.1, 0.15) is 11.6 Å². The van der Waals surface area contributed by atoms with Crippen LogP contribution in [0.15, 0.2) is 89.6 Å². The van der Waals surface area contributed by atoms with Crippen LogP contribution in [0, 0.1) is 6.92 Å². The predicted molar refractivity (Wildman–Crippen MR) is 118 cm³/mol. The molecule has 2 aromatic heterocycles. The number of aryl methyl sites for hydroxylation is 1. The largest absolute Gasteiger partial charge is 0.465 e. The van der Waals surface area contributed by atoms with Crippen molar-refractivity contribution < 1.29 is 9.21 Å². The molecule has 30 heavy (non-hydrogen) atoms.